The van der Waals surface area contributed by atoms with Crippen molar-refractivity contribution in [2.75, 3.05) is 19.6 Å². The predicted molar refractivity (Wildman–Crippen MR) is 75.3 cm³/mol. The van der Waals surface area contributed by atoms with Gasteiger partial charge in [-0.1, -0.05) is 0 Å². The van der Waals surface area contributed by atoms with E-state index in [1.807, 2.05) is 11.7 Å². The van der Waals surface area contributed by atoms with Crippen LogP contribution in [0, 0.1) is 5.92 Å². The molecule has 104 valence electrons. The fourth-order valence-corrected chi connectivity index (χ4v) is 2.93. The molecule has 0 bridgehead atoms. The molecule has 18 heavy (non-hydrogen) atoms. The number of piperidine rings is 1. The van der Waals surface area contributed by atoms with E-state index < -0.39 is 0 Å². The normalized spacial score (nSPS) is 27.2. The van der Waals surface area contributed by atoms with Crippen molar-refractivity contribution in [3.05, 3.63) is 12.2 Å². The minimum Gasteiger partial charge on any atom is -0.314 e. The van der Waals surface area contributed by atoms with Crippen molar-refractivity contribution in [3.63, 3.8) is 0 Å². The molecule has 3 heterocycles. The molecule has 2 atom stereocenters. The van der Waals surface area contributed by atoms with Gasteiger partial charge >= 0.3 is 0 Å². The molecule has 0 amide bonds. The molecule has 3 rings (SSSR count). The lowest BCUT2D eigenvalue weighted by molar-refractivity contribution is 0.151. The summed E-state index contributed by atoms with van der Waals surface area (Å²) in [5.74, 6) is 1.92. The Morgan fingerprint density at radius 3 is 2.94 bits per heavy atom. The molecular weight excluding hydrogens is 273 g/mol. The van der Waals surface area contributed by atoms with E-state index >= 15 is 0 Å². The molecule has 0 aliphatic carbocycles. The summed E-state index contributed by atoms with van der Waals surface area (Å²) >= 11 is 0. The van der Waals surface area contributed by atoms with Crippen LogP contribution in [0.3, 0.4) is 0 Å². The summed E-state index contributed by atoms with van der Waals surface area (Å²) in [7, 11) is 1.96. The Morgan fingerprint density at radius 1 is 1.39 bits per heavy atom. The van der Waals surface area contributed by atoms with Crippen LogP contribution in [0.2, 0.25) is 0 Å². The highest BCUT2D eigenvalue weighted by atomic mass is 35.5. The Morgan fingerprint density at radius 2 is 2.22 bits per heavy atom. The van der Waals surface area contributed by atoms with E-state index in [9.17, 15) is 0 Å². The maximum absolute atomic E-state index is 4.29. The van der Waals surface area contributed by atoms with Gasteiger partial charge in [-0.15, -0.1) is 24.8 Å². The maximum Gasteiger partial charge on any atom is 0.140 e. The van der Waals surface area contributed by atoms with Gasteiger partial charge in [-0.25, -0.2) is 4.98 Å². The van der Waals surface area contributed by atoms with E-state index in [-0.39, 0.29) is 24.8 Å². The Bertz CT molecular complexity index is 370. The quantitative estimate of drug-likeness (QED) is 0.878. The molecule has 0 radical (unpaired) electrons. The van der Waals surface area contributed by atoms with Crippen LogP contribution >= 0.6 is 24.8 Å². The number of nitrogens with one attached hydrogen (secondary N) is 1. The van der Waals surface area contributed by atoms with Crippen LogP contribution in [-0.4, -0.2) is 45.3 Å². The first-order chi connectivity index (χ1) is 7.83. The second-order valence-corrected chi connectivity index (χ2v) is 4.93. The first-order valence-electron chi connectivity index (χ1n) is 6.11. The molecule has 1 N–H and O–H groups in total. The fourth-order valence-electron chi connectivity index (χ4n) is 2.93. The van der Waals surface area contributed by atoms with Gasteiger partial charge in [-0.3, -0.25) is 9.58 Å². The molecule has 1 aromatic rings. The van der Waals surface area contributed by atoms with Gasteiger partial charge in [0.05, 0.1) is 6.54 Å². The standard InChI is InChI=1S/C11H19N5.2ClH/c1-15-11(13-8-14-15)7-16-5-3-10-9(6-16)2-4-12-10;;/h8-10,12H,2-7H2,1H3;2*1H. The third-order valence-electron chi connectivity index (χ3n) is 3.91. The van der Waals surface area contributed by atoms with Crippen molar-refractivity contribution >= 4 is 24.8 Å². The third kappa shape index (κ3) is 3.15. The number of rotatable bonds is 2. The summed E-state index contributed by atoms with van der Waals surface area (Å²) < 4.78 is 1.87. The second-order valence-electron chi connectivity index (χ2n) is 4.93. The van der Waals surface area contributed by atoms with Crippen molar-refractivity contribution in [1.82, 2.24) is 25.0 Å². The van der Waals surface area contributed by atoms with Gasteiger partial charge in [0, 0.05) is 26.2 Å². The highest BCUT2D eigenvalue weighted by molar-refractivity contribution is 5.85. The van der Waals surface area contributed by atoms with Crippen molar-refractivity contribution in [2.45, 2.75) is 25.4 Å². The van der Waals surface area contributed by atoms with Gasteiger partial charge in [0.15, 0.2) is 0 Å². The Hall–Kier alpha value is -0.360. The number of hydrogen-bond donors (Lipinski definition) is 1. The van der Waals surface area contributed by atoms with Crippen LogP contribution < -0.4 is 5.32 Å². The largest absolute Gasteiger partial charge is 0.314 e. The summed E-state index contributed by atoms with van der Waals surface area (Å²) in [4.78, 5) is 6.80. The number of aryl methyl sites for hydroxylation is 1. The summed E-state index contributed by atoms with van der Waals surface area (Å²) in [6, 6.07) is 0.774. The van der Waals surface area contributed by atoms with Crippen LogP contribution in [0.15, 0.2) is 6.33 Å². The number of fused-ring (bicyclic) bond motifs is 1. The minimum absolute atomic E-state index is 0. The lowest BCUT2D eigenvalue weighted by Crippen LogP contribution is -2.44. The van der Waals surface area contributed by atoms with Gasteiger partial charge in [-0.05, 0) is 25.3 Å². The van der Waals surface area contributed by atoms with E-state index in [4.69, 9.17) is 0 Å². The zero-order chi connectivity index (χ0) is 11.0. The minimum atomic E-state index is 0. The molecule has 2 saturated heterocycles. The van der Waals surface area contributed by atoms with E-state index in [0.717, 1.165) is 24.3 Å². The third-order valence-corrected chi connectivity index (χ3v) is 3.91. The van der Waals surface area contributed by atoms with Crippen LogP contribution in [0.4, 0.5) is 0 Å². The first kappa shape index (κ1) is 15.7. The number of hydrogen-bond acceptors (Lipinski definition) is 4. The molecule has 2 fully saturated rings. The predicted octanol–water partition coefficient (Wildman–Crippen LogP) is 0.842. The maximum atomic E-state index is 4.29. The Labute approximate surface area is 120 Å². The molecule has 2 unspecified atom stereocenters. The van der Waals surface area contributed by atoms with E-state index in [1.54, 1.807) is 6.33 Å². The lowest BCUT2D eigenvalue weighted by Gasteiger charge is -2.34. The van der Waals surface area contributed by atoms with Crippen molar-refractivity contribution in [1.29, 1.82) is 0 Å². The van der Waals surface area contributed by atoms with Gasteiger partial charge in [-0.2, -0.15) is 5.10 Å². The molecule has 7 heteroatoms. The molecular formula is C11H21Cl2N5. The molecule has 0 spiro atoms. The number of aromatic nitrogens is 3. The first-order valence-corrected chi connectivity index (χ1v) is 6.11. The van der Waals surface area contributed by atoms with E-state index in [0.29, 0.717) is 0 Å². The van der Waals surface area contributed by atoms with Crippen molar-refractivity contribution < 1.29 is 0 Å². The average molecular weight is 294 g/mol. The molecule has 1 aromatic heterocycles. The smallest absolute Gasteiger partial charge is 0.140 e. The lowest BCUT2D eigenvalue weighted by atomic mass is 9.93. The zero-order valence-corrected chi connectivity index (χ0v) is 12.2. The number of halogens is 2. The molecule has 0 aromatic carbocycles. The van der Waals surface area contributed by atoms with E-state index in [2.05, 4.69) is 20.3 Å². The fraction of sp³-hybridized carbons (Fsp3) is 0.818. The van der Waals surface area contributed by atoms with Crippen LogP contribution in [0.25, 0.3) is 0 Å². The summed E-state index contributed by atoms with van der Waals surface area (Å²) in [6.07, 6.45) is 4.25. The van der Waals surface area contributed by atoms with Crippen LogP contribution in [0.5, 0.6) is 0 Å². The van der Waals surface area contributed by atoms with Crippen molar-refractivity contribution in [3.8, 4) is 0 Å². The van der Waals surface area contributed by atoms with Gasteiger partial charge in [0.1, 0.15) is 12.2 Å². The Kier molecular flexibility index (Phi) is 5.85. The molecule has 5 nitrogen and oxygen atoms in total. The summed E-state index contributed by atoms with van der Waals surface area (Å²) in [6.45, 7) is 4.54. The molecule has 2 aliphatic rings. The molecule has 2 aliphatic heterocycles. The van der Waals surface area contributed by atoms with Crippen LogP contribution in [-0.2, 0) is 13.6 Å². The molecule has 0 saturated carbocycles. The van der Waals surface area contributed by atoms with Gasteiger partial charge < -0.3 is 5.32 Å². The van der Waals surface area contributed by atoms with Gasteiger partial charge in [0.2, 0.25) is 0 Å². The average Bonchev–Trinajstić information content (AvgIpc) is 2.88. The Balaban J connectivity index is 0.000000810. The second kappa shape index (κ2) is 6.70. The van der Waals surface area contributed by atoms with E-state index in [1.165, 1.54) is 32.5 Å². The summed E-state index contributed by atoms with van der Waals surface area (Å²) in [5.41, 5.74) is 0. The van der Waals surface area contributed by atoms with Crippen molar-refractivity contribution in [2.24, 2.45) is 13.0 Å². The number of nitrogens with zero attached hydrogens (tertiary/aromatic N) is 4. The highest BCUT2D eigenvalue weighted by Crippen LogP contribution is 2.25. The highest BCUT2D eigenvalue weighted by Gasteiger charge is 2.32. The van der Waals surface area contributed by atoms with Crippen LogP contribution in [0.1, 0.15) is 18.7 Å². The zero-order valence-electron chi connectivity index (χ0n) is 10.6. The topological polar surface area (TPSA) is 46.0 Å². The SMILES string of the molecule is Cl.Cl.Cn1ncnc1CN1CCC2NCCC2C1. The number of likely N-dealkylation sites (tertiary alicyclic amines) is 1. The monoisotopic (exact) mass is 293 g/mol. The summed E-state index contributed by atoms with van der Waals surface area (Å²) in [5, 5.41) is 7.70. The van der Waals surface area contributed by atoms with Gasteiger partial charge in [0.25, 0.3) is 0 Å².